The summed E-state index contributed by atoms with van der Waals surface area (Å²) >= 11 is 0. The number of hydrogen-bond donors (Lipinski definition) is 1. The Labute approximate surface area is 126 Å². The molecule has 0 radical (unpaired) electrons. The SMILES string of the molecule is CCC(C)n1nc(N2CCN(C)CC2)c(S(C)(=O)=O)c1N. The van der Waals surface area contributed by atoms with E-state index in [9.17, 15) is 8.42 Å². The highest BCUT2D eigenvalue weighted by Gasteiger charge is 2.30. The Morgan fingerprint density at radius 2 is 1.86 bits per heavy atom. The van der Waals surface area contributed by atoms with E-state index in [1.807, 2.05) is 18.7 Å². The van der Waals surface area contributed by atoms with Crippen molar-refractivity contribution in [3.8, 4) is 0 Å². The molecule has 1 unspecified atom stereocenters. The Morgan fingerprint density at radius 3 is 2.33 bits per heavy atom. The second kappa shape index (κ2) is 5.84. The first-order valence-electron chi connectivity index (χ1n) is 7.27. The highest BCUT2D eigenvalue weighted by molar-refractivity contribution is 7.91. The topological polar surface area (TPSA) is 84.5 Å². The molecule has 21 heavy (non-hydrogen) atoms. The van der Waals surface area contributed by atoms with Crippen LogP contribution < -0.4 is 10.6 Å². The van der Waals surface area contributed by atoms with Crippen LogP contribution in [0.2, 0.25) is 0 Å². The first kappa shape index (κ1) is 16.1. The highest BCUT2D eigenvalue weighted by atomic mass is 32.2. The molecule has 1 aromatic heterocycles. The normalized spacial score (nSPS) is 19.0. The molecule has 2 rings (SSSR count). The average molecular weight is 315 g/mol. The number of sulfone groups is 1. The minimum atomic E-state index is -3.41. The van der Waals surface area contributed by atoms with Crippen molar-refractivity contribution < 1.29 is 8.42 Å². The van der Waals surface area contributed by atoms with Crippen molar-refractivity contribution in [1.82, 2.24) is 14.7 Å². The van der Waals surface area contributed by atoms with Crippen LogP contribution in [-0.4, -0.2) is 62.6 Å². The van der Waals surface area contributed by atoms with Crippen molar-refractivity contribution in [2.24, 2.45) is 0 Å². The Bertz CT molecular complexity index is 602. The molecule has 8 heteroatoms. The maximum atomic E-state index is 12.1. The third kappa shape index (κ3) is 3.16. The van der Waals surface area contributed by atoms with Gasteiger partial charge in [-0.3, -0.25) is 0 Å². The van der Waals surface area contributed by atoms with Crippen molar-refractivity contribution in [3.63, 3.8) is 0 Å². The Balaban J connectivity index is 2.49. The van der Waals surface area contributed by atoms with Gasteiger partial charge in [0.2, 0.25) is 0 Å². The summed E-state index contributed by atoms with van der Waals surface area (Å²) in [6.07, 6.45) is 2.04. The molecule has 1 aliphatic rings. The molecule has 0 aliphatic carbocycles. The van der Waals surface area contributed by atoms with E-state index in [-0.39, 0.29) is 16.8 Å². The Hall–Kier alpha value is -1.28. The summed E-state index contributed by atoms with van der Waals surface area (Å²) in [5.74, 6) is 0.754. The van der Waals surface area contributed by atoms with E-state index in [1.165, 1.54) is 6.26 Å². The van der Waals surface area contributed by atoms with Crippen LogP contribution in [0.5, 0.6) is 0 Å². The van der Waals surface area contributed by atoms with Crippen LogP contribution in [-0.2, 0) is 9.84 Å². The number of likely N-dealkylation sites (N-methyl/N-ethyl adjacent to an activating group) is 1. The van der Waals surface area contributed by atoms with Crippen molar-refractivity contribution >= 4 is 21.5 Å². The van der Waals surface area contributed by atoms with Gasteiger partial charge in [0, 0.05) is 32.4 Å². The quantitative estimate of drug-likeness (QED) is 0.875. The van der Waals surface area contributed by atoms with E-state index in [1.54, 1.807) is 4.68 Å². The van der Waals surface area contributed by atoms with Crippen LogP contribution in [0, 0.1) is 0 Å². The number of nitrogen functional groups attached to an aromatic ring is 1. The summed E-state index contributed by atoms with van der Waals surface area (Å²) in [7, 11) is -1.36. The second-order valence-electron chi connectivity index (χ2n) is 5.80. The van der Waals surface area contributed by atoms with Crippen LogP contribution in [0.15, 0.2) is 4.90 Å². The minimum absolute atomic E-state index is 0.0757. The fraction of sp³-hybridized carbons (Fsp3) is 0.769. The molecule has 0 bridgehead atoms. The fourth-order valence-electron chi connectivity index (χ4n) is 2.51. The van der Waals surface area contributed by atoms with Gasteiger partial charge in [-0.15, -0.1) is 0 Å². The predicted molar refractivity (Wildman–Crippen MR) is 84.5 cm³/mol. The van der Waals surface area contributed by atoms with E-state index in [4.69, 9.17) is 5.73 Å². The van der Waals surface area contributed by atoms with Gasteiger partial charge in [-0.25, -0.2) is 13.1 Å². The number of nitrogens with two attached hydrogens (primary N) is 1. The zero-order chi connectivity index (χ0) is 15.8. The van der Waals surface area contributed by atoms with E-state index in [0.29, 0.717) is 5.82 Å². The van der Waals surface area contributed by atoms with E-state index in [2.05, 4.69) is 17.0 Å². The van der Waals surface area contributed by atoms with Crippen LogP contribution in [0.3, 0.4) is 0 Å². The molecule has 1 aromatic rings. The average Bonchev–Trinajstić information content (AvgIpc) is 2.76. The number of anilines is 2. The van der Waals surface area contributed by atoms with E-state index < -0.39 is 9.84 Å². The molecule has 0 saturated carbocycles. The predicted octanol–water partition coefficient (Wildman–Crippen LogP) is 0.592. The number of hydrogen-bond acceptors (Lipinski definition) is 6. The van der Waals surface area contributed by atoms with Gasteiger partial charge in [0.05, 0.1) is 6.04 Å². The van der Waals surface area contributed by atoms with E-state index in [0.717, 1.165) is 32.6 Å². The van der Waals surface area contributed by atoms with Gasteiger partial charge in [0.15, 0.2) is 20.6 Å². The zero-order valence-corrected chi connectivity index (χ0v) is 14.0. The minimum Gasteiger partial charge on any atom is -0.383 e. The first-order chi connectivity index (χ1) is 9.75. The molecule has 0 spiro atoms. The summed E-state index contributed by atoms with van der Waals surface area (Å²) in [6, 6.07) is 0.0757. The standard InChI is InChI=1S/C13H25N5O2S/c1-5-10(2)18-12(14)11(21(4,19)20)13(15-18)17-8-6-16(3)7-9-17/h10H,5-9,14H2,1-4H3. The number of rotatable bonds is 4. The monoisotopic (exact) mass is 315 g/mol. The third-order valence-electron chi connectivity index (χ3n) is 4.07. The number of nitrogens with zero attached hydrogens (tertiary/aromatic N) is 4. The van der Waals surface area contributed by atoms with Crippen molar-refractivity contribution in [2.45, 2.75) is 31.2 Å². The van der Waals surface area contributed by atoms with Crippen molar-refractivity contribution in [2.75, 3.05) is 50.1 Å². The van der Waals surface area contributed by atoms with Gasteiger partial charge >= 0.3 is 0 Å². The van der Waals surface area contributed by atoms with Gasteiger partial charge in [-0.2, -0.15) is 5.10 Å². The summed E-state index contributed by atoms with van der Waals surface area (Å²) in [6.45, 7) is 7.31. The molecule has 7 nitrogen and oxygen atoms in total. The van der Waals surface area contributed by atoms with Crippen LogP contribution >= 0.6 is 0 Å². The second-order valence-corrected chi connectivity index (χ2v) is 7.75. The molecule has 0 amide bonds. The Morgan fingerprint density at radius 1 is 1.29 bits per heavy atom. The van der Waals surface area contributed by atoms with Gasteiger partial charge in [-0.05, 0) is 20.4 Å². The lowest BCUT2D eigenvalue weighted by Crippen LogP contribution is -2.45. The lowest BCUT2D eigenvalue weighted by molar-refractivity contribution is 0.311. The highest BCUT2D eigenvalue weighted by Crippen LogP contribution is 2.33. The Kier molecular flexibility index (Phi) is 4.48. The molecule has 1 aliphatic heterocycles. The van der Waals surface area contributed by atoms with E-state index >= 15 is 0 Å². The first-order valence-corrected chi connectivity index (χ1v) is 9.16. The molecule has 2 heterocycles. The summed E-state index contributed by atoms with van der Waals surface area (Å²) in [4.78, 5) is 4.41. The van der Waals surface area contributed by atoms with Crippen LogP contribution in [0.25, 0.3) is 0 Å². The van der Waals surface area contributed by atoms with Gasteiger partial charge in [0.1, 0.15) is 5.82 Å². The molecule has 120 valence electrons. The lowest BCUT2D eigenvalue weighted by Gasteiger charge is -2.32. The summed E-state index contributed by atoms with van der Waals surface area (Å²) < 4.78 is 25.9. The smallest absolute Gasteiger partial charge is 0.182 e. The number of piperazine rings is 1. The van der Waals surface area contributed by atoms with Gasteiger partial charge < -0.3 is 15.5 Å². The molecule has 1 fully saturated rings. The van der Waals surface area contributed by atoms with Gasteiger partial charge in [0.25, 0.3) is 0 Å². The lowest BCUT2D eigenvalue weighted by atomic mass is 10.3. The van der Waals surface area contributed by atoms with Crippen LogP contribution in [0.4, 0.5) is 11.6 Å². The fourth-order valence-corrected chi connectivity index (χ4v) is 3.48. The number of aromatic nitrogens is 2. The molecular weight excluding hydrogens is 290 g/mol. The van der Waals surface area contributed by atoms with Crippen LogP contribution in [0.1, 0.15) is 26.3 Å². The maximum absolute atomic E-state index is 12.1. The maximum Gasteiger partial charge on any atom is 0.182 e. The summed E-state index contributed by atoms with van der Waals surface area (Å²) in [5.41, 5.74) is 6.08. The molecule has 2 N–H and O–H groups in total. The molecular formula is C13H25N5O2S. The van der Waals surface area contributed by atoms with Crippen molar-refractivity contribution in [1.29, 1.82) is 0 Å². The molecule has 1 saturated heterocycles. The molecule has 0 aromatic carbocycles. The van der Waals surface area contributed by atoms with Crippen molar-refractivity contribution in [3.05, 3.63) is 0 Å². The summed E-state index contributed by atoms with van der Waals surface area (Å²) in [5, 5.41) is 4.52. The van der Waals surface area contributed by atoms with Gasteiger partial charge in [-0.1, -0.05) is 6.92 Å². The zero-order valence-electron chi connectivity index (χ0n) is 13.2. The largest absolute Gasteiger partial charge is 0.383 e. The molecule has 1 atom stereocenters. The third-order valence-corrected chi connectivity index (χ3v) is 5.20.